The number of hydrogen-bond donors (Lipinski definition) is 2. The molecule has 6 heteroatoms. The lowest BCUT2D eigenvalue weighted by molar-refractivity contribution is -0.134. The minimum atomic E-state index is -1.18. The van der Waals surface area contributed by atoms with E-state index in [0.29, 0.717) is 23.5 Å². The van der Waals surface area contributed by atoms with Gasteiger partial charge in [-0.2, -0.15) is 0 Å². The fourth-order valence-electron chi connectivity index (χ4n) is 2.04. The van der Waals surface area contributed by atoms with E-state index in [1.54, 1.807) is 24.3 Å². The van der Waals surface area contributed by atoms with Gasteiger partial charge in [-0.3, -0.25) is 4.79 Å². The van der Waals surface area contributed by atoms with Gasteiger partial charge in [0.25, 0.3) is 0 Å². The van der Waals surface area contributed by atoms with E-state index in [0.717, 1.165) is 4.47 Å². The Balaban J connectivity index is 2.13. The Morgan fingerprint density at radius 2 is 1.84 bits per heavy atom. The van der Waals surface area contributed by atoms with Crippen LogP contribution in [0, 0.1) is 0 Å². The van der Waals surface area contributed by atoms with Crippen LogP contribution < -0.4 is 10.1 Å². The van der Waals surface area contributed by atoms with Crippen molar-refractivity contribution in [3.8, 4) is 11.5 Å². The van der Waals surface area contributed by atoms with E-state index in [9.17, 15) is 14.7 Å². The molecular weight excluding hydrogens is 386 g/mol. The summed E-state index contributed by atoms with van der Waals surface area (Å²) >= 11 is 3.41. The van der Waals surface area contributed by atoms with Crippen LogP contribution in [0.4, 0.5) is 0 Å². The Bertz CT molecular complexity index is 784. The second-order valence-corrected chi connectivity index (χ2v) is 6.12. The van der Waals surface area contributed by atoms with Crippen LogP contribution in [0.15, 0.2) is 58.7 Å². The number of hydrogen-bond acceptors (Lipinski definition) is 3. The number of carbonyl (C=O) groups is 2. The van der Waals surface area contributed by atoms with Gasteiger partial charge < -0.3 is 15.2 Å². The molecule has 0 aromatic heterocycles. The number of carboxylic acids is 1. The third-order valence-electron chi connectivity index (χ3n) is 3.24. The first-order valence-electron chi connectivity index (χ1n) is 7.77. The molecule has 0 unspecified atom stereocenters. The van der Waals surface area contributed by atoms with Crippen molar-refractivity contribution in [1.82, 2.24) is 5.32 Å². The SMILES string of the molecule is CCCC(=O)N/C(=C\c1ccc(Oc2ccccc2Br)cc1)C(=O)O. The van der Waals surface area contributed by atoms with Gasteiger partial charge in [-0.1, -0.05) is 31.2 Å². The summed E-state index contributed by atoms with van der Waals surface area (Å²) in [5.74, 6) is -0.192. The van der Waals surface area contributed by atoms with E-state index < -0.39 is 5.97 Å². The molecule has 2 aromatic carbocycles. The predicted octanol–water partition coefficient (Wildman–Crippen LogP) is 4.58. The molecule has 0 radical (unpaired) electrons. The standard InChI is InChI=1S/C19H18BrNO4/c1-2-5-18(22)21-16(19(23)24)12-13-8-10-14(11-9-13)25-17-7-4-3-6-15(17)20/h3-4,6-12H,2,5H2,1H3,(H,21,22)(H,23,24)/b16-12-. The van der Waals surface area contributed by atoms with Crippen LogP contribution in [-0.2, 0) is 9.59 Å². The van der Waals surface area contributed by atoms with Crippen LogP contribution in [-0.4, -0.2) is 17.0 Å². The predicted molar refractivity (Wildman–Crippen MR) is 99.3 cm³/mol. The van der Waals surface area contributed by atoms with Gasteiger partial charge in [0.2, 0.25) is 5.91 Å². The van der Waals surface area contributed by atoms with Crippen LogP contribution >= 0.6 is 15.9 Å². The molecular formula is C19H18BrNO4. The molecule has 2 aromatic rings. The van der Waals surface area contributed by atoms with Crippen LogP contribution in [0.2, 0.25) is 0 Å². The molecule has 0 spiro atoms. The lowest BCUT2D eigenvalue weighted by Crippen LogP contribution is -2.26. The molecule has 0 fully saturated rings. The molecule has 2 rings (SSSR count). The summed E-state index contributed by atoms with van der Waals surface area (Å²) in [5.41, 5.74) is 0.492. The molecule has 2 N–H and O–H groups in total. The van der Waals surface area contributed by atoms with Crippen molar-refractivity contribution >= 4 is 33.9 Å². The van der Waals surface area contributed by atoms with Gasteiger partial charge in [0.05, 0.1) is 4.47 Å². The Kier molecular flexibility index (Phi) is 6.77. The molecule has 0 atom stereocenters. The minimum absolute atomic E-state index is 0.155. The minimum Gasteiger partial charge on any atom is -0.477 e. The summed E-state index contributed by atoms with van der Waals surface area (Å²) in [5, 5.41) is 11.6. The monoisotopic (exact) mass is 403 g/mol. The zero-order chi connectivity index (χ0) is 18.2. The second kappa shape index (κ2) is 9.03. The normalized spacial score (nSPS) is 11.0. The van der Waals surface area contributed by atoms with Gasteiger partial charge in [-0.05, 0) is 58.3 Å². The molecule has 0 saturated heterocycles. The number of carboxylic acid groups (broad SMARTS) is 1. The quantitative estimate of drug-likeness (QED) is 0.663. The van der Waals surface area contributed by atoms with Gasteiger partial charge in [-0.15, -0.1) is 0 Å². The first-order chi connectivity index (χ1) is 12.0. The number of amides is 1. The lowest BCUT2D eigenvalue weighted by atomic mass is 10.2. The summed E-state index contributed by atoms with van der Waals surface area (Å²) in [6, 6.07) is 14.4. The number of benzene rings is 2. The van der Waals surface area contributed by atoms with E-state index >= 15 is 0 Å². The van der Waals surface area contributed by atoms with Gasteiger partial charge in [0.15, 0.2) is 0 Å². The summed E-state index contributed by atoms with van der Waals surface area (Å²) in [6.45, 7) is 1.85. The lowest BCUT2D eigenvalue weighted by Gasteiger charge is -2.08. The maximum atomic E-state index is 11.6. The zero-order valence-electron chi connectivity index (χ0n) is 13.7. The van der Waals surface area contributed by atoms with Crippen molar-refractivity contribution in [2.45, 2.75) is 19.8 Å². The molecule has 0 aliphatic rings. The smallest absolute Gasteiger partial charge is 0.352 e. The number of para-hydroxylation sites is 1. The molecule has 0 heterocycles. The Morgan fingerprint density at radius 1 is 1.16 bits per heavy atom. The van der Waals surface area contributed by atoms with Crippen molar-refractivity contribution in [3.05, 3.63) is 64.3 Å². The van der Waals surface area contributed by atoms with Crippen molar-refractivity contribution in [1.29, 1.82) is 0 Å². The summed E-state index contributed by atoms with van der Waals surface area (Å²) < 4.78 is 6.60. The molecule has 0 aliphatic heterocycles. The highest BCUT2D eigenvalue weighted by atomic mass is 79.9. The molecule has 0 aliphatic carbocycles. The van der Waals surface area contributed by atoms with Gasteiger partial charge in [0.1, 0.15) is 17.2 Å². The summed E-state index contributed by atoms with van der Waals surface area (Å²) in [7, 11) is 0. The van der Waals surface area contributed by atoms with Crippen LogP contribution in [0.25, 0.3) is 6.08 Å². The Labute approximate surface area is 154 Å². The number of carbonyl (C=O) groups excluding carboxylic acids is 1. The third-order valence-corrected chi connectivity index (χ3v) is 3.89. The van der Waals surface area contributed by atoms with Crippen LogP contribution in [0.5, 0.6) is 11.5 Å². The number of aliphatic carboxylic acids is 1. The second-order valence-electron chi connectivity index (χ2n) is 5.26. The molecule has 130 valence electrons. The van der Waals surface area contributed by atoms with Crippen molar-refractivity contribution in [2.24, 2.45) is 0 Å². The number of rotatable bonds is 7. The highest BCUT2D eigenvalue weighted by Gasteiger charge is 2.11. The van der Waals surface area contributed by atoms with Crippen LogP contribution in [0.1, 0.15) is 25.3 Å². The highest BCUT2D eigenvalue weighted by molar-refractivity contribution is 9.10. The van der Waals surface area contributed by atoms with E-state index in [2.05, 4.69) is 21.2 Å². The fourth-order valence-corrected chi connectivity index (χ4v) is 2.41. The average molecular weight is 404 g/mol. The Hall–Kier alpha value is -2.60. The Morgan fingerprint density at radius 3 is 2.44 bits per heavy atom. The van der Waals surface area contributed by atoms with E-state index in [1.807, 2.05) is 31.2 Å². The van der Waals surface area contributed by atoms with Gasteiger partial charge >= 0.3 is 5.97 Å². The van der Waals surface area contributed by atoms with E-state index in [4.69, 9.17) is 4.74 Å². The number of halogens is 1. The van der Waals surface area contributed by atoms with Crippen LogP contribution in [0.3, 0.4) is 0 Å². The number of nitrogens with one attached hydrogen (secondary N) is 1. The van der Waals surface area contributed by atoms with Crippen molar-refractivity contribution in [2.75, 3.05) is 0 Å². The largest absolute Gasteiger partial charge is 0.477 e. The maximum absolute atomic E-state index is 11.6. The topological polar surface area (TPSA) is 75.6 Å². The first kappa shape index (κ1) is 18.7. The molecule has 25 heavy (non-hydrogen) atoms. The fraction of sp³-hybridized carbons (Fsp3) is 0.158. The molecule has 1 amide bonds. The highest BCUT2D eigenvalue weighted by Crippen LogP contribution is 2.29. The van der Waals surface area contributed by atoms with Crippen molar-refractivity contribution < 1.29 is 19.4 Å². The average Bonchev–Trinajstić information content (AvgIpc) is 2.58. The summed E-state index contributed by atoms with van der Waals surface area (Å²) in [6.07, 6.45) is 2.35. The zero-order valence-corrected chi connectivity index (χ0v) is 15.2. The van der Waals surface area contributed by atoms with Gasteiger partial charge in [0, 0.05) is 6.42 Å². The van der Waals surface area contributed by atoms with Crippen molar-refractivity contribution in [3.63, 3.8) is 0 Å². The van der Waals surface area contributed by atoms with E-state index in [1.165, 1.54) is 6.08 Å². The molecule has 5 nitrogen and oxygen atoms in total. The van der Waals surface area contributed by atoms with E-state index in [-0.39, 0.29) is 18.0 Å². The molecule has 0 saturated carbocycles. The third kappa shape index (κ3) is 5.76. The maximum Gasteiger partial charge on any atom is 0.352 e. The number of ether oxygens (including phenoxy) is 1. The first-order valence-corrected chi connectivity index (χ1v) is 8.56. The van der Waals surface area contributed by atoms with Gasteiger partial charge in [-0.25, -0.2) is 4.79 Å². The summed E-state index contributed by atoms with van der Waals surface area (Å²) in [4.78, 5) is 22.9. The molecule has 0 bridgehead atoms.